The summed E-state index contributed by atoms with van der Waals surface area (Å²) in [5, 5.41) is 1.29. The van der Waals surface area contributed by atoms with E-state index < -0.39 is 17.7 Å². The van der Waals surface area contributed by atoms with Crippen LogP contribution in [0.4, 0.5) is 13.6 Å². The van der Waals surface area contributed by atoms with E-state index in [4.69, 9.17) is 27.9 Å². The molecule has 172 valence electrons. The molecule has 8 heteroatoms. The number of amides is 1. The van der Waals surface area contributed by atoms with Crippen molar-refractivity contribution in [2.24, 2.45) is 0 Å². The van der Waals surface area contributed by atoms with Gasteiger partial charge in [-0.1, -0.05) is 47.5 Å². The number of benzene rings is 3. The number of halogens is 4. The fourth-order valence-corrected chi connectivity index (χ4v) is 4.41. The van der Waals surface area contributed by atoms with Gasteiger partial charge in [-0.3, -0.25) is 9.80 Å². The van der Waals surface area contributed by atoms with E-state index >= 15 is 0 Å². The summed E-state index contributed by atoms with van der Waals surface area (Å²) < 4.78 is 32.3. The van der Waals surface area contributed by atoms with Crippen LogP contribution < -0.4 is 0 Å². The number of nitrogens with zero attached hydrogens (tertiary/aromatic N) is 2. The fourth-order valence-electron chi connectivity index (χ4n) is 4.16. The van der Waals surface area contributed by atoms with Gasteiger partial charge in [0.15, 0.2) is 0 Å². The van der Waals surface area contributed by atoms with Crippen molar-refractivity contribution in [3.8, 4) is 0 Å². The molecule has 33 heavy (non-hydrogen) atoms. The monoisotopic (exact) mass is 490 g/mol. The maximum absolute atomic E-state index is 13.7. The third-order valence-corrected chi connectivity index (χ3v) is 6.26. The van der Waals surface area contributed by atoms with Gasteiger partial charge in [-0.25, -0.2) is 13.6 Å². The molecule has 0 bridgehead atoms. The molecule has 4 rings (SSSR count). The normalized spacial score (nSPS) is 14.2. The first-order valence-electron chi connectivity index (χ1n) is 10.4. The predicted molar refractivity (Wildman–Crippen MR) is 124 cm³/mol. The first-order chi connectivity index (χ1) is 15.8. The van der Waals surface area contributed by atoms with Crippen LogP contribution in [0.2, 0.25) is 10.0 Å². The standard InChI is InChI=1S/C25H22Cl2F2N2O2/c1-33-25(32)31(13-16-10-21(28)12-22(29)11-16)23-14-30(15-23)24(17-2-6-19(26)7-3-17)18-4-8-20(27)9-5-18/h2-12,23-24H,13-15H2,1H3. The van der Waals surface area contributed by atoms with Crippen molar-refractivity contribution in [3.63, 3.8) is 0 Å². The molecule has 4 nitrogen and oxygen atoms in total. The largest absolute Gasteiger partial charge is 0.453 e. The van der Waals surface area contributed by atoms with Crippen LogP contribution in [0.3, 0.4) is 0 Å². The van der Waals surface area contributed by atoms with E-state index in [2.05, 4.69) is 4.90 Å². The smallest absolute Gasteiger partial charge is 0.410 e. The highest BCUT2D eigenvalue weighted by Crippen LogP contribution is 2.35. The summed E-state index contributed by atoms with van der Waals surface area (Å²) >= 11 is 12.2. The van der Waals surface area contributed by atoms with Crippen molar-refractivity contribution < 1.29 is 18.3 Å². The highest BCUT2D eigenvalue weighted by atomic mass is 35.5. The number of ether oxygens (including phenoxy) is 1. The van der Waals surface area contributed by atoms with Crippen LogP contribution >= 0.6 is 23.2 Å². The summed E-state index contributed by atoms with van der Waals surface area (Å²) in [5.41, 5.74) is 2.47. The Morgan fingerprint density at radius 3 is 1.91 bits per heavy atom. The van der Waals surface area contributed by atoms with Gasteiger partial charge in [-0.15, -0.1) is 0 Å². The third kappa shape index (κ3) is 5.46. The molecule has 1 fully saturated rings. The van der Waals surface area contributed by atoms with E-state index in [1.54, 1.807) is 0 Å². The SMILES string of the molecule is COC(=O)N(Cc1cc(F)cc(F)c1)C1CN(C(c2ccc(Cl)cc2)c2ccc(Cl)cc2)C1. The van der Waals surface area contributed by atoms with Crippen LogP contribution in [0.25, 0.3) is 0 Å². The Morgan fingerprint density at radius 2 is 1.45 bits per heavy atom. The lowest BCUT2D eigenvalue weighted by Gasteiger charge is -2.48. The zero-order valence-electron chi connectivity index (χ0n) is 17.8. The Labute approximate surface area is 201 Å². The molecule has 0 saturated carbocycles. The molecule has 1 amide bonds. The van der Waals surface area contributed by atoms with Crippen LogP contribution in [0.15, 0.2) is 66.7 Å². The molecule has 0 atom stereocenters. The van der Waals surface area contributed by atoms with E-state index in [0.29, 0.717) is 28.7 Å². The molecular weight excluding hydrogens is 469 g/mol. The second-order valence-electron chi connectivity index (χ2n) is 7.99. The Kier molecular flexibility index (Phi) is 7.17. The van der Waals surface area contributed by atoms with Crippen molar-refractivity contribution in [3.05, 3.63) is 105 Å². The number of likely N-dealkylation sites (tertiary alicyclic amines) is 1. The molecule has 0 unspecified atom stereocenters. The summed E-state index contributed by atoms with van der Waals surface area (Å²) in [4.78, 5) is 16.2. The predicted octanol–water partition coefficient (Wildman–Crippen LogP) is 6.31. The van der Waals surface area contributed by atoms with Crippen molar-refractivity contribution >= 4 is 29.3 Å². The molecule has 0 spiro atoms. The van der Waals surface area contributed by atoms with Crippen molar-refractivity contribution in [1.82, 2.24) is 9.80 Å². The van der Waals surface area contributed by atoms with Gasteiger partial charge in [0.05, 0.1) is 19.2 Å². The average Bonchev–Trinajstić information content (AvgIpc) is 2.75. The molecule has 1 saturated heterocycles. The molecule has 0 aliphatic carbocycles. The minimum absolute atomic E-state index is 0.0480. The molecule has 3 aromatic rings. The minimum Gasteiger partial charge on any atom is -0.453 e. The van der Waals surface area contributed by atoms with Crippen LogP contribution in [0, 0.1) is 11.6 Å². The van der Waals surface area contributed by atoms with Crippen LogP contribution in [-0.4, -0.2) is 42.1 Å². The topological polar surface area (TPSA) is 32.8 Å². The second kappa shape index (κ2) is 10.1. The Morgan fingerprint density at radius 1 is 0.970 bits per heavy atom. The number of carbonyl (C=O) groups excluding carboxylic acids is 1. The Hall–Kier alpha value is -2.67. The van der Waals surface area contributed by atoms with E-state index in [9.17, 15) is 13.6 Å². The first kappa shape index (κ1) is 23.5. The summed E-state index contributed by atoms with van der Waals surface area (Å²) in [5.74, 6) is -1.37. The summed E-state index contributed by atoms with van der Waals surface area (Å²) in [6, 6.07) is 18.3. The number of hydrogen-bond acceptors (Lipinski definition) is 3. The van der Waals surface area contributed by atoms with Crippen molar-refractivity contribution in [2.75, 3.05) is 20.2 Å². The number of hydrogen-bond donors (Lipinski definition) is 0. The number of methoxy groups -OCH3 is 1. The first-order valence-corrected chi connectivity index (χ1v) is 11.1. The van der Waals surface area contributed by atoms with Crippen LogP contribution in [-0.2, 0) is 11.3 Å². The van der Waals surface area contributed by atoms with Gasteiger partial charge in [0.25, 0.3) is 0 Å². The molecule has 1 aliphatic rings. The van der Waals surface area contributed by atoms with Gasteiger partial charge in [0.2, 0.25) is 0 Å². The van der Waals surface area contributed by atoms with E-state index in [-0.39, 0.29) is 18.6 Å². The molecule has 1 aliphatic heterocycles. The van der Waals surface area contributed by atoms with E-state index in [0.717, 1.165) is 17.2 Å². The molecule has 0 N–H and O–H groups in total. The molecule has 1 heterocycles. The van der Waals surface area contributed by atoms with Gasteiger partial charge < -0.3 is 4.74 Å². The molecular formula is C25H22Cl2F2N2O2. The molecule has 3 aromatic carbocycles. The summed E-state index contributed by atoms with van der Waals surface area (Å²) in [6.45, 7) is 1.16. The number of rotatable bonds is 6. The van der Waals surface area contributed by atoms with Crippen molar-refractivity contribution in [1.29, 1.82) is 0 Å². The summed E-state index contributed by atoms with van der Waals surface area (Å²) in [6.07, 6.45) is -0.543. The lowest BCUT2D eigenvalue weighted by molar-refractivity contribution is 0.0102. The van der Waals surface area contributed by atoms with E-state index in [1.165, 1.54) is 24.1 Å². The average molecular weight is 491 g/mol. The highest BCUT2D eigenvalue weighted by Gasteiger charge is 2.39. The zero-order chi connectivity index (χ0) is 23.5. The number of carbonyl (C=O) groups is 1. The Balaban J connectivity index is 1.56. The quantitative estimate of drug-likeness (QED) is 0.405. The lowest BCUT2D eigenvalue weighted by Crippen LogP contribution is -2.61. The molecule has 0 radical (unpaired) electrons. The second-order valence-corrected chi connectivity index (χ2v) is 8.86. The van der Waals surface area contributed by atoms with Crippen molar-refractivity contribution in [2.45, 2.75) is 18.6 Å². The maximum Gasteiger partial charge on any atom is 0.410 e. The third-order valence-electron chi connectivity index (χ3n) is 5.75. The lowest BCUT2D eigenvalue weighted by atomic mass is 9.92. The van der Waals surface area contributed by atoms with Gasteiger partial charge in [0.1, 0.15) is 11.6 Å². The van der Waals surface area contributed by atoms with E-state index in [1.807, 2.05) is 48.5 Å². The minimum atomic E-state index is -0.685. The fraction of sp³-hybridized carbons (Fsp3) is 0.240. The highest BCUT2D eigenvalue weighted by molar-refractivity contribution is 6.30. The maximum atomic E-state index is 13.7. The Bertz CT molecular complexity index is 1050. The van der Waals surface area contributed by atoms with Gasteiger partial charge in [-0.05, 0) is 53.1 Å². The van der Waals surface area contributed by atoms with Gasteiger partial charge in [0, 0.05) is 35.7 Å². The van der Waals surface area contributed by atoms with Gasteiger partial charge >= 0.3 is 6.09 Å². The molecule has 0 aromatic heterocycles. The van der Waals surface area contributed by atoms with Gasteiger partial charge in [-0.2, -0.15) is 0 Å². The van der Waals surface area contributed by atoms with Crippen LogP contribution in [0.5, 0.6) is 0 Å². The van der Waals surface area contributed by atoms with Crippen LogP contribution in [0.1, 0.15) is 22.7 Å². The zero-order valence-corrected chi connectivity index (χ0v) is 19.4. The summed E-state index contributed by atoms with van der Waals surface area (Å²) in [7, 11) is 1.29.